The Morgan fingerprint density at radius 2 is 2.04 bits per heavy atom. The number of carbonyl (C=O) groups is 3. The number of benzene rings is 1. The second kappa shape index (κ2) is 8.47. The largest absolute Gasteiger partial charge is 0.493 e. The predicted octanol–water partition coefficient (Wildman–Crippen LogP) is 1.02. The minimum atomic E-state index is -0.966. The van der Waals surface area contributed by atoms with Crippen molar-refractivity contribution in [2.45, 2.75) is 31.5 Å². The van der Waals surface area contributed by atoms with Crippen LogP contribution in [0.3, 0.4) is 0 Å². The molecule has 0 bridgehead atoms. The molecule has 1 saturated heterocycles. The van der Waals surface area contributed by atoms with Crippen molar-refractivity contribution in [2.75, 3.05) is 34.5 Å². The normalized spacial score (nSPS) is 20.8. The molecule has 2 aliphatic rings. The number of esters is 1. The zero-order chi connectivity index (χ0) is 20.3. The van der Waals surface area contributed by atoms with Gasteiger partial charge in [-0.25, -0.2) is 4.79 Å². The molecule has 1 aromatic rings. The number of amides is 2. The maximum Gasteiger partial charge on any atom is 0.344 e. The number of nitrogens with zero attached hydrogens (tertiary/aromatic N) is 1. The molecular formula is C19H24N2O7. The SMILES string of the molecule is COCCCNC(=O)[C@H]1CCC(=O)N1[C@@H]1OC(=O)c2c1ccc(OC)c2OC. The van der Waals surface area contributed by atoms with Gasteiger partial charge in [0.15, 0.2) is 11.5 Å². The average Bonchev–Trinajstić information content (AvgIpc) is 3.24. The zero-order valence-electron chi connectivity index (χ0n) is 16.1. The van der Waals surface area contributed by atoms with Crippen LogP contribution in [-0.4, -0.2) is 63.2 Å². The number of ether oxygens (including phenoxy) is 4. The highest BCUT2D eigenvalue weighted by atomic mass is 16.6. The number of nitrogens with one attached hydrogen (secondary N) is 1. The summed E-state index contributed by atoms with van der Waals surface area (Å²) in [5.41, 5.74) is 0.695. The first kappa shape index (κ1) is 19.9. The maximum atomic E-state index is 12.6. The third kappa shape index (κ3) is 3.49. The summed E-state index contributed by atoms with van der Waals surface area (Å²) < 4.78 is 21.0. The first-order chi connectivity index (χ1) is 13.5. The third-order valence-corrected chi connectivity index (χ3v) is 4.90. The van der Waals surface area contributed by atoms with E-state index in [9.17, 15) is 14.4 Å². The fraction of sp³-hybridized carbons (Fsp3) is 0.526. The molecule has 2 atom stereocenters. The van der Waals surface area contributed by atoms with Crippen molar-refractivity contribution >= 4 is 17.8 Å². The van der Waals surface area contributed by atoms with Crippen molar-refractivity contribution in [1.29, 1.82) is 0 Å². The Morgan fingerprint density at radius 3 is 2.71 bits per heavy atom. The van der Waals surface area contributed by atoms with E-state index in [2.05, 4.69) is 5.32 Å². The van der Waals surface area contributed by atoms with Gasteiger partial charge < -0.3 is 24.3 Å². The molecule has 1 N–H and O–H groups in total. The van der Waals surface area contributed by atoms with Gasteiger partial charge in [0.1, 0.15) is 11.6 Å². The molecule has 2 aliphatic heterocycles. The van der Waals surface area contributed by atoms with E-state index in [1.807, 2.05) is 0 Å². The fourth-order valence-corrected chi connectivity index (χ4v) is 3.59. The monoisotopic (exact) mass is 392 g/mol. The summed E-state index contributed by atoms with van der Waals surface area (Å²) in [7, 11) is 4.49. The third-order valence-electron chi connectivity index (χ3n) is 4.90. The molecule has 0 saturated carbocycles. The number of hydrogen-bond acceptors (Lipinski definition) is 7. The van der Waals surface area contributed by atoms with Gasteiger partial charge in [-0.05, 0) is 25.0 Å². The van der Waals surface area contributed by atoms with Gasteiger partial charge in [0, 0.05) is 32.2 Å². The Balaban J connectivity index is 1.86. The lowest BCUT2D eigenvalue weighted by Crippen LogP contribution is -2.46. The molecular weight excluding hydrogens is 368 g/mol. The number of likely N-dealkylation sites (tertiary alicyclic amines) is 1. The van der Waals surface area contributed by atoms with Crippen LogP contribution in [0.1, 0.15) is 41.4 Å². The van der Waals surface area contributed by atoms with Crippen molar-refractivity contribution in [2.24, 2.45) is 0 Å². The second-order valence-corrected chi connectivity index (χ2v) is 6.52. The highest BCUT2D eigenvalue weighted by Gasteiger charge is 2.47. The van der Waals surface area contributed by atoms with Gasteiger partial charge in [-0.3, -0.25) is 14.5 Å². The Bertz CT molecular complexity index is 780. The second-order valence-electron chi connectivity index (χ2n) is 6.52. The van der Waals surface area contributed by atoms with Crippen molar-refractivity contribution < 1.29 is 33.3 Å². The molecule has 0 aliphatic carbocycles. The number of fused-ring (bicyclic) bond motifs is 1. The lowest BCUT2D eigenvalue weighted by atomic mass is 10.1. The van der Waals surface area contributed by atoms with Crippen LogP contribution in [0, 0.1) is 0 Å². The first-order valence-corrected chi connectivity index (χ1v) is 9.07. The molecule has 2 heterocycles. The molecule has 1 fully saturated rings. The van der Waals surface area contributed by atoms with E-state index in [0.717, 1.165) is 0 Å². The number of methoxy groups -OCH3 is 3. The van der Waals surface area contributed by atoms with Crippen molar-refractivity contribution in [3.63, 3.8) is 0 Å². The molecule has 9 heteroatoms. The van der Waals surface area contributed by atoms with Gasteiger partial charge in [-0.2, -0.15) is 0 Å². The van der Waals surface area contributed by atoms with Crippen LogP contribution in [0.2, 0.25) is 0 Å². The summed E-state index contributed by atoms with van der Waals surface area (Å²) in [6.45, 7) is 0.972. The van der Waals surface area contributed by atoms with Gasteiger partial charge >= 0.3 is 5.97 Å². The van der Waals surface area contributed by atoms with Gasteiger partial charge in [0.2, 0.25) is 18.0 Å². The molecule has 0 radical (unpaired) electrons. The summed E-state index contributed by atoms with van der Waals surface area (Å²) in [5, 5.41) is 2.81. The van der Waals surface area contributed by atoms with Crippen LogP contribution in [0.5, 0.6) is 11.5 Å². The summed E-state index contributed by atoms with van der Waals surface area (Å²) in [4.78, 5) is 39.0. The molecule has 1 aromatic carbocycles. The fourth-order valence-electron chi connectivity index (χ4n) is 3.59. The van der Waals surface area contributed by atoms with E-state index in [1.165, 1.54) is 19.1 Å². The molecule has 0 aromatic heterocycles. The highest BCUT2D eigenvalue weighted by Crippen LogP contribution is 2.45. The molecule has 152 valence electrons. The topological polar surface area (TPSA) is 103 Å². The van der Waals surface area contributed by atoms with Gasteiger partial charge in [-0.1, -0.05) is 0 Å². The van der Waals surface area contributed by atoms with E-state index in [1.54, 1.807) is 19.2 Å². The van der Waals surface area contributed by atoms with Crippen LogP contribution in [-0.2, 0) is 19.1 Å². The Hall–Kier alpha value is -2.81. The van der Waals surface area contributed by atoms with E-state index in [4.69, 9.17) is 18.9 Å². The number of rotatable bonds is 8. The van der Waals surface area contributed by atoms with Crippen LogP contribution >= 0.6 is 0 Å². The Kier molecular flexibility index (Phi) is 6.03. The zero-order valence-corrected chi connectivity index (χ0v) is 16.1. The van der Waals surface area contributed by atoms with E-state index < -0.39 is 18.2 Å². The van der Waals surface area contributed by atoms with Gasteiger partial charge in [0.25, 0.3) is 0 Å². The van der Waals surface area contributed by atoms with E-state index in [-0.39, 0.29) is 29.5 Å². The van der Waals surface area contributed by atoms with Crippen molar-refractivity contribution in [3.8, 4) is 11.5 Å². The van der Waals surface area contributed by atoms with Crippen LogP contribution in [0.25, 0.3) is 0 Å². The number of hydrogen-bond donors (Lipinski definition) is 1. The van der Waals surface area contributed by atoms with Crippen LogP contribution in [0.15, 0.2) is 12.1 Å². The summed E-state index contributed by atoms with van der Waals surface area (Å²) in [6, 6.07) is 2.60. The standard InChI is InChI=1S/C19H24N2O7/c1-25-10-4-9-20-17(23)12-6-8-14(22)21(12)18-11-5-7-13(26-2)16(27-3)15(11)19(24)28-18/h5,7,12,18H,4,6,8-10H2,1-3H3,(H,20,23)/t12-,18-/m1/s1. The summed E-state index contributed by atoms with van der Waals surface area (Å²) >= 11 is 0. The first-order valence-electron chi connectivity index (χ1n) is 9.07. The quantitative estimate of drug-likeness (QED) is 0.520. The van der Waals surface area contributed by atoms with Crippen molar-refractivity contribution in [3.05, 3.63) is 23.3 Å². The minimum absolute atomic E-state index is 0.214. The highest BCUT2D eigenvalue weighted by molar-refractivity contribution is 5.99. The molecule has 2 amide bonds. The van der Waals surface area contributed by atoms with Crippen LogP contribution in [0.4, 0.5) is 0 Å². The lowest BCUT2D eigenvalue weighted by Gasteiger charge is -2.29. The van der Waals surface area contributed by atoms with Gasteiger partial charge in [-0.15, -0.1) is 0 Å². The molecule has 0 spiro atoms. The predicted molar refractivity (Wildman–Crippen MR) is 97.1 cm³/mol. The Morgan fingerprint density at radius 1 is 1.25 bits per heavy atom. The van der Waals surface area contributed by atoms with Crippen LogP contribution < -0.4 is 14.8 Å². The maximum absolute atomic E-state index is 12.6. The Labute approximate surface area is 162 Å². The number of carbonyl (C=O) groups excluding carboxylic acids is 3. The average molecular weight is 392 g/mol. The summed E-state index contributed by atoms with van der Waals surface area (Å²) in [5.74, 6) is -0.488. The number of cyclic esters (lactones) is 1. The molecule has 28 heavy (non-hydrogen) atoms. The smallest absolute Gasteiger partial charge is 0.344 e. The minimum Gasteiger partial charge on any atom is -0.493 e. The molecule has 9 nitrogen and oxygen atoms in total. The summed E-state index contributed by atoms with van der Waals surface area (Å²) in [6.07, 6.45) is 0.284. The van der Waals surface area contributed by atoms with E-state index >= 15 is 0 Å². The van der Waals surface area contributed by atoms with Gasteiger partial charge in [0.05, 0.1) is 14.2 Å². The van der Waals surface area contributed by atoms with Crippen molar-refractivity contribution in [1.82, 2.24) is 10.2 Å². The molecule has 0 unspecified atom stereocenters. The molecule has 3 rings (SSSR count). The van der Waals surface area contributed by atoms with E-state index in [0.29, 0.717) is 37.3 Å². The lowest BCUT2D eigenvalue weighted by molar-refractivity contribution is -0.145.